The van der Waals surface area contributed by atoms with Crippen LogP contribution < -0.4 is 5.32 Å². The third kappa shape index (κ3) is 2.47. The number of nitrogens with one attached hydrogen (secondary N) is 1. The molecule has 0 bridgehead atoms. The largest absolute Gasteiger partial charge is 0.463 e. The summed E-state index contributed by atoms with van der Waals surface area (Å²) in [5, 5.41) is 3.48. The fourth-order valence-electron chi connectivity index (χ4n) is 3.48. The molecule has 5 heteroatoms. The quantitative estimate of drug-likeness (QED) is 0.850. The molecule has 2 atom stereocenters. The number of aryl methyl sites for hydroxylation is 1. The van der Waals surface area contributed by atoms with Crippen molar-refractivity contribution < 1.29 is 13.9 Å². The van der Waals surface area contributed by atoms with Crippen LogP contribution in [0.5, 0.6) is 0 Å². The van der Waals surface area contributed by atoms with Crippen molar-refractivity contribution in [2.75, 3.05) is 26.7 Å². The third-order valence-corrected chi connectivity index (χ3v) is 4.49. The summed E-state index contributed by atoms with van der Waals surface area (Å²) in [4.78, 5) is 14.1. The molecule has 0 aliphatic carbocycles. The highest BCUT2D eigenvalue weighted by Crippen LogP contribution is 2.28. The molecule has 5 nitrogen and oxygen atoms in total. The number of ether oxygens (including phenoxy) is 1. The predicted octanol–water partition coefficient (Wildman–Crippen LogP) is 1.56. The van der Waals surface area contributed by atoms with Crippen molar-refractivity contribution in [2.24, 2.45) is 5.92 Å². The van der Waals surface area contributed by atoms with Crippen LogP contribution in [0.3, 0.4) is 0 Å². The summed E-state index contributed by atoms with van der Waals surface area (Å²) in [7, 11) is 1.38. The van der Waals surface area contributed by atoms with Crippen molar-refractivity contribution in [1.82, 2.24) is 10.2 Å². The molecule has 0 amide bonds. The van der Waals surface area contributed by atoms with Crippen molar-refractivity contribution >= 4 is 5.97 Å². The maximum atomic E-state index is 11.6. The van der Waals surface area contributed by atoms with Gasteiger partial charge in [0.15, 0.2) is 0 Å². The van der Waals surface area contributed by atoms with Gasteiger partial charge in [-0.1, -0.05) is 0 Å². The highest BCUT2D eigenvalue weighted by atomic mass is 16.5. The number of carbonyl (C=O) groups is 1. The number of nitrogens with zero attached hydrogens (tertiary/aromatic N) is 1. The second kappa shape index (κ2) is 5.58. The molecular weight excluding hydrogens is 256 g/mol. The number of esters is 1. The van der Waals surface area contributed by atoms with Crippen LogP contribution in [0.15, 0.2) is 10.5 Å². The lowest BCUT2D eigenvalue weighted by Gasteiger charge is -2.36. The van der Waals surface area contributed by atoms with E-state index in [4.69, 9.17) is 9.15 Å². The molecule has 1 aromatic heterocycles. The summed E-state index contributed by atoms with van der Waals surface area (Å²) < 4.78 is 10.4. The smallest absolute Gasteiger partial charge is 0.374 e. The molecule has 2 saturated heterocycles. The zero-order valence-electron chi connectivity index (χ0n) is 12.1. The van der Waals surface area contributed by atoms with Crippen LogP contribution in [0.1, 0.15) is 34.7 Å². The monoisotopic (exact) mass is 278 g/mol. The number of likely N-dealkylation sites (tertiary alicyclic amines) is 1. The molecule has 2 unspecified atom stereocenters. The topological polar surface area (TPSA) is 54.7 Å². The van der Waals surface area contributed by atoms with Gasteiger partial charge in [0, 0.05) is 18.2 Å². The summed E-state index contributed by atoms with van der Waals surface area (Å²) in [6, 6.07) is 2.56. The predicted molar refractivity (Wildman–Crippen MR) is 74.6 cm³/mol. The Morgan fingerprint density at radius 3 is 3.20 bits per heavy atom. The molecular formula is C15H22N2O3. The van der Waals surface area contributed by atoms with Gasteiger partial charge in [-0.05, 0) is 44.8 Å². The van der Waals surface area contributed by atoms with E-state index in [9.17, 15) is 4.79 Å². The number of piperidine rings is 1. The van der Waals surface area contributed by atoms with Gasteiger partial charge in [-0.25, -0.2) is 4.79 Å². The van der Waals surface area contributed by atoms with Gasteiger partial charge in [-0.2, -0.15) is 0 Å². The van der Waals surface area contributed by atoms with Gasteiger partial charge in [0.1, 0.15) is 5.76 Å². The molecule has 20 heavy (non-hydrogen) atoms. The van der Waals surface area contributed by atoms with E-state index in [0.29, 0.717) is 11.8 Å². The van der Waals surface area contributed by atoms with E-state index in [1.54, 1.807) is 0 Å². The molecule has 110 valence electrons. The van der Waals surface area contributed by atoms with E-state index >= 15 is 0 Å². The Labute approximate surface area is 119 Å². The highest BCUT2D eigenvalue weighted by Gasteiger charge is 2.35. The van der Waals surface area contributed by atoms with Gasteiger partial charge < -0.3 is 14.5 Å². The first-order valence-electron chi connectivity index (χ1n) is 7.31. The first-order valence-corrected chi connectivity index (χ1v) is 7.31. The van der Waals surface area contributed by atoms with Crippen molar-refractivity contribution in [3.05, 3.63) is 23.2 Å². The van der Waals surface area contributed by atoms with Crippen LogP contribution in [0.4, 0.5) is 0 Å². The molecule has 1 aromatic rings. The average Bonchev–Trinajstić information content (AvgIpc) is 3.05. The SMILES string of the molecule is COC(=O)c1oc(CN2CCCC3CNCC32)cc1C. The molecule has 2 aliphatic rings. The number of rotatable bonds is 3. The fraction of sp³-hybridized carbons (Fsp3) is 0.667. The number of hydrogen-bond acceptors (Lipinski definition) is 5. The molecule has 1 N–H and O–H groups in total. The number of hydrogen-bond donors (Lipinski definition) is 1. The number of methoxy groups -OCH3 is 1. The molecule has 0 radical (unpaired) electrons. The van der Waals surface area contributed by atoms with Crippen LogP contribution in [-0.2, 0) is 11.3 Å². The van der Waals surface area contributed by atoms with Crippen molar-refractivity contribution in [3.8, 4) is 0 Å². The van der Waals surface area contributed by atoms with Gasteiger partial charge in [0.25, 0.3) is 0 Å². The summed E-state index contributed by atoms with van der Waals surface area (Å²) in [6.45, 7) is 5.96. The number of carbonyl (C=O) groups excluding carboxylic acids is 1. The molecule has 3 heterocycles. The summed E-state index contributed by atoms with van der Waals surface area (Å²) in [5.41, 5.74) is 0.852. The van der Waals surface area contributed by atoms with Crippen LogP contribution in [-0.4, -0.2) is 43.7 Å². The minimum absolute atomic E-state index is 0.334. The molecule has 3 rings (SSSR count). The van der Waals surface area contributed by atoms with E-state index in [-0.39, 0.29) is 0 Å². The maximum Gasteiger partial charge on any atom is 0.374 e. The van der Waals surface area contributed by atoms with E-state index in [1.807, 2.05) is 13.0 Å². The minimum atomic E-state index is -0.396. The Balaban J connectivity index is 1.72. The number of furan rings is 1. The average molecular weight is 278 g/mol. The number of fused-ring (bicyclic) bond motifs is 1. The molecule has 0 spiro atoms. The van der Waals surface area contributed by atoms with Crippen molar-refractivity contribution in [2.45, 2.75) is 32.4 Å². The lowest BCUT2D eigenvalue weighted by Crippen LogP contribution is -2.44. The lowest BCUT2D eigenvalue weighted by molar-refractivity contribution is 0.0555. The van der Waals surface area contributed by atoms with Gasteiger partial charge in [0.2, 0.25) is 5.76 Å². The minimum Gasteiger partial charge on any atom is -0.463 e. The van der Waals surface area contributed by atoms with Gasteiger partial charge >= 0.3 is 5.97 Å². The van der Waals surface area contributed by atoms with E-state index < -0.39 is 5.97 Å². The van der Waals surface area contributed by atoms with Gasteiger partial charge in [0.05, 0.1) is 13.7 Å². The van der Waals surface area contributed by atoms with E-state index in [1.165, 1.54) is 20.0 Å². The zero-order valence-corrected chi connectivity index (χ0v) is 12.1. The first kappa shape index (κ1) is 13.6. The van der Waals surface area contributed by atoms with Crippen molar-refractivity contribution in [1.29, 1.82) is 0 Å². The van der Waals surface area contributed by atoms with E-state index in [0.717, 1.165) is 43.4 Å². The summed E-state index contributed by atoms with van der Waals surface area (Å²) >= 11 is 0. The molecule has 0 aromatic carbocycles. The Morgan fingerprint density at radius 1 is 1.55 bits per heavy atom. The zero-order chi connectivity index (χ0) is 14.1. The van der Waals surface area contributed by atoms with Crippen LogP contribution in [0, 0.1) is 12.8 Å². The molecule has 0 saturated carbocycles. The normalized spacial score (nSPS) is 26.5. The second-order valence-electron chi connectivity index (χ2n) is 5.81. The third-order valence-electron chi connectivity index (χ3n) is 4.49. The molecule has 2 aliphatic heterocycles. The Hall–Kier alpha value is -1.33. The molecule has 2 fully saturated rings. The standard InChI is InChI=1S/C15H22N2O3/c1-10-6-12(20-14(10)15(18)19-2)9-17-5-3-4-11-7-16-8-13(11)17/h6,11,13,16H,3-5,7-9H2,1-2H3. The van der Waals surface area contributed by atoms with E-state index in [2.05, 4.69) is 10.2 Å². The van der Waals surface area contributed by atoms with Crippen molar-refractivity contribution in [3.63, 3.8) is 0 Å². The van der Waals surface area contributed by atoms with Gasteiger partial charge in [-0.3, -0.25) is 4.90 Å². The van der Waals surface area contributed by atoms with Crippen LogP contribution in [0.2, 0.25) is 0 Å². The summed E-state index contributed by atoms with van der Waals surface area (Å²) in [5.74, 6) is 1.56. The highest BCUT2D eigenvalue weighted by molar-refractivity contribution is 5.87. The maximum absolute atomic E-state index is 11.6. The van der Waals surface area contributed by atoms with Crippen LogP contribution in [0.25, 0.3) is 0 Å². The lowest BCUT2D eigenvalue weighted by atomic mass is 9.92. The van der Waals surface area contributed by atoms with Gasteiger partial charge in [-0.15, -0.1) is 0 Å². The Morgan fingerprint density at radius 2 is 2.40 bits per heavy atom. The second-order valence-corrected chi connectivity index (χ2v) is 5.81. The Bertz CT molecular complexity index is 497. The Kier molecular flexibility index (Phi) is 3.81. The fourth-order valence-corrected chi connectivity index (χ4v) is 3.48. The van der Waals surface area contributed by atoms with Crippen LogP contribution >= 0.6 is 0 Å². The first-order chi connectivity index (χ1) is 9.69. The summed E-state index contributed by atoms with van der Waals surface area (Å²) in [6.07, 6.45) is 2.56.